The van der Waals surface area contributed by atoms with Crippen molar-refractivity contribution < 1.29 is 4.74 Å². The van der Waals surface area contributed by atoms with Crippen LogP contribution in [0.5, 0.6) is 5.88 Å². The summed E-state index contributed by atoms with van der Waals surface area (Å²) in [7, 11) is 1.65. The molecule has 1 aromatic rings. The summed E-state index contributed by atoms with van der Waals surface area (Å²) in [5.41, 5.74) is 1.27. The number of hydrogen-bond acceptors (Lipinski definition) is 4. The molecule has 0 bridgehead atoms. The van der Waals surface area contributed by atoms with Crippen LogP contribution in [0.3, 0.4) is 0 Å². The molecule has 4 heteroatoms. The largest absolute Gasteiger partial charge is 0.481 e. The zero-order valence-corrected chi connectivity index (χ0v) is 10.9. The molecule has 0 amide bonds. The smallest absolute Gasteiger partial charge is 0.212 e. The number of piperidine rings is 1. The van der Waals surface area contributed by atoms with E-state index >= 15 is 0 Å². The van der Waals surface area contributed by atoms with E-state index in [4.69, 9.17) is 4.74 Å². The van der Waals surface area contributed by atoms with Crippen LogP contribution in [0, 0.1) is 5.92 Å². The molecule has 18 heavy (non-hydrogen) atoms. The van der Waals surface area contributed by atoms with Crippen LogP contribution in [0.4, 0.5) is 0 Å². The Bertz CT molecular complexity index is 379. The van der Waals surface area contributed by atoms with Crippen LogP contribution >= 0.6 is 0 Å². The lowest BCUT2D eigenvalue weighted by Gasteiger charge is -2.24. The summed E-state index contributed by atoms with van der Waals surface area (Å²) in [6.07, 6.45) is 4.64. The molecule has 2 atom stereocenters. The van der Waals surface area contributed by atoms with Crippen molar-refractivity contribution in [1.82, 2.24) is 15.2 Å². The number of nitrogens with zero attached hydrogens (tertiary/aromatic N) is 2. The van der Waals surface area contributed by atoms with Gasteiger partial charge in [-0.15, -0.1) is 0 Å². The standard InChI is InChI=1S/C14H21N3O/c1-18-14-5-4-11(7-16-14)8-17-9-12-3-2-6-15-13(12)10-17/h4-5,7,12-13,15H,2-3,6,8-10H2,1H3/t12-,13+/m0/s1. The van der Waals surface area contributed by atoms with Crippen LogP contribution in [-0.4, -0.2) is 42.7 Å². The Morgan fingerprint density at radius 3 is 3.11 bits per heavy atom. The molecule has 0 spiro atoms. The molecule has 3 rings (SSSR count). The number of ether oxygens (including phenoxy) is 1. The second kappa shape index (κ2) is 5.24. The van der Waals surface area contributed by atoms with Gasteiger partial charge in [0.15, 0.2) is 0 Å². The molecule has 0 aromatic carbocycles. The second-order valence-corrected chi connectivity index (χ2v) is 5.37. The number of aromatic nitrogens is 1. The molecule has 98 valence electrons. The van der Waals surface area contributed by atoms with Crippen LogP contribution in [0.15, 0.2) is 18.3 Å². The van der Waals surface area contributed by atoms with E-state index in [-0.39, 0.29) is 0 Å². The summed E-state index contributed by atoms with van der Waals surface area (Å²) in [4.78, 5) is 6.80. The van der Waals surface area contributed by atoms with Crippen LogP contribution in [0.1, 0.15) is 18.4 Å². The zero-order chi connectivity index (χ0) is 12.4. The van der Waals surface area contributed by atoms with E-state index < -0.39 is 0 Å². The van der Waals surface area contributed by atoms with Gasteiger partial charge in [0.25, 0.3) is 0 Å². The van der Waals surface area contributed by atoms with E-state index in [1.54, 1.807) is 7.11 Å². The first kappa shape index (κ1) is 11.9. The highest BCUT2D eigenvalue weighted by molar-refractivity contribution is 5.18. The minimum Gasteiger partial charge on any atom is -0.481 e. The van der Waals surface area contributed by atoms with Crippen molar-refractivity contribution in [1.29, 1.82) is 0 Å². The topological polar surface area (TPSA) is 37.4 Å². The van der Waals surface area contributed by atoms with Crippen molar-refractivity contribution in [2.75, 3.05) is 26.7 Å². The molecular weight excluding hydrogens is 226 g/mol. The van der Waals surface area contributed by atoms with Crippen LogP contribution in [0.25, 0.3) is 0 Å². The third-order valence-electron chi connectivity index (χ3n) is 4.09. The van der Waals surface area contributed by atoms with Crippen molar-refractivity contribution in [3.05, 3.63) is 23.9 Å². The number of hydrogen-bond donors (Lipinski definition) is 1. The van der Waals surface area contributed by atoms with Gasteiger partial charge in [0.2, 0.25) is 5.88 Å². The maximum atomic E-state index is 5.08. The van der Waals surface area contributed by atoms with Gasteiger partial charge in [-0.25, -0.2) is 4.98 Å². The van der Waals surface area contributed by atoms with Crippen molar-refractivity contribution in [3.8, 4) is 5.88 Å². The quantitative estimate of drug-likeness (QED) is 0.873. The molecule has 0 saturated carbocycles. The van der Waals surface area contributed by atoms with E-state index in [1.165, 1.54) is 38.0 Å². The van der Waals surface area contributed by atoms with Crippen LogP contribution < -0.4 is 10.1 Å². The van der Waals surface area contributed by atoms with E-state index in [0.29, 0.717) is 11.9 Å². The van der Waals surface area contributed by atoms with Gasteiger partial charge < -0.3 is 10.1 Å². The molecule has 2 aliphatic heterocycles. The van der Waals surface area contributed by atoms with Crippen LogP contribution in [0.2, 0.25) is 0 Å². The van der Waals surface area contributed by atoms with E-state index in [0.717, 1.165) is 12.5 Å². The minimum atomic E-state index is 0.690. The number of fused-ring (bicyclic) bond motifs is 1. The van der Waals surface area contributed by atoms with E-state index in [1.807, 2.05) is 12.3 Å². The highest BCUT2D eigenvalue weighted by atomic mass is 16.5. The van der Waals surface area contributed by atoms with Gasteiger partial charge in [-0.3, -0.25) is 4.90 Å². The van der Waals surface area contributed by atoms with Crippen molar-refractivity contribution in [2.24, 2.45) is 5.92 Å². The van der Waals surface area contributed by atoms with Crippen molar-refractivity contribution >= 4 is 0 Å². The lowest BCUT2D eigenvalue weighted by atomic mass is 9.94. The molecule has 1 N–H and O–H groups in total. The van der Waals surface area contributed by atoms with Gasteiger partial charge in [-0.05, 0) is 30.9 Å². The average molecular weight is 247 g/mol. The number of likely N-dealkylation sites (tertiary alicyclic amines) is 1. The molecule has 2 fully saturated rings. The number of pyridine rings is 1. The average Bonchev–Trinajstić information content (AvgIpc) is 2.82. The molecular formula is C14H21N3O. The predicted octanol–water partition coefficient (Wildman–Crippen LogP) is 1.27. The first-order valence-corrected chi connectivity index (χ1v) is 6.80. The fraction of sp³-hybridized carbons (Fsp3) is 0.643. The third kappa shape index (κ3) is 2.49. The summed E-state index contributed by atoms with van der Waals surface area (Å²) in [5.74, 6) is 1.54. The molecule has 0 radical (unpaired) electrons. The van der Waals surface area contributed by atoms with E-state index in [2.05, 4.69) is 21.3 Å². The number of rotatable bonds is 3. The summed E-state index contributed by atoms with van der Waals surface area (Å²) in [6, 6.07) is 4.77. The number of nitrogens with one attached hydrogen (secondary N) is 1. The normalized spacial score (nSPS) is 28.1. The van der Waals surface area contributed by atoms with Gasteiger partial charge in [0.1, 0.15) is 0 Å². The summed E-state index contributed by atoms with van der Waals surface area (Å²) in [5, 5.41) is 3.64. The molecule has 2 saturated heterocycles. The molecule has 4 nitrogen and oxygen atoms in total. The zero-order valence-electron chi connectivity index (χ0n) is 10.9. The monoisotopic (exact) mass is 247 g/mol. The Kier molecular flexibility index (Phi) is 3.48. The van der Waals surface area contributed by atoms with Gasteiger partial charge >= 0.3 is 0 Å². The fourth-order valence-corrected chi connectivity index (χ4v) is 3.15. The SMILES string of the molecule is COc1ccc(CN2C[C@@H]3CCCN[C@@H]3C2)cn1. The Balaban J connectivity index is 1.59. The molecule has 0 aliphatic carbocycles. The van der Waals surface area contributed by atoms with Crippen molar-refractivity contribution in [2.45, 2.75) is 25.4 Å². The predicted molar refractivity (Wildman–Crippen MR) is 70.6 cm³/mol. The first-order valence-electron chi connectivity index (χ1n) is 6.80. The second-order valence-electron chi connectivity index (χ2n) is 5.37. The molecule has 0 unspecified atom stereocenters. The Morgan fingerprint density at radius 1 is 1.44 bits per heavy atom. The first-order chi connectivity index (χ1) is 8.85. The maximum absolute atomic E-state index is 5.08. The third-order valence-corrected chi connectivity index (χ3v) is 4.09. The fourth-order valence-electron chi connectivity index (χ4n) is 3.15. The Morgan fingerprint density at radius 2 is 2.39 bits per heavy atom. The van der Waals surface area contributed by atoms with Gasteiger partial charge in [0, 0.05) is 37.9 Å². The van der Waals surface area contributed by atoms with Crippen LogP contribution in [-0.2, 0) is 6.54 Å². The summed E-state index contributed by atoms with van der Waals surface area (Å²) in [6.45, 7) is 4.60. The highest BCUT2D eigenvalue weighted by Crippen LogP contribution is 2.26. The Hall–Kier alpha value is -1.13. The van der Waals surface area contributed by atoms with Crippen molar-refractivity contribution in [3.63, 3.8) is 0 Å². The molecule has 2 aliphatic rings. The number of methoxy groups -OCH3 is 1. The summed E-state index contributed by atoms with van der Waals surface area (Å²) < 4.78 is 5.08. The lowest BCUT2D eigenvalue weighted by molar-refractivity contribution is 0.312. The molecule has 3 heterocycles. The van der Waals surface area contributed by atoms with Gasteiger partial charge in [-0.1, -0.05) is 6.07 Å². The Labute approximate surface area is 108 Å². The minimum absolute atomic E-state index is 0.690. The molecule has 1 aromatic heterocycles. The summed E-state index contributed by atoms with van der Waals surface area (Å²) >= 11 is 0. The van der Waals surface area contributed by atoms with E-state index in [9.17, 15) is 0 Å². The van der Waals surface area contributed by atoms with Gasteiger partial charge in [-0.2, -0.15) is 0 Å². The highest BCUT2D eigenvalue weighted by Gasteiger charge is 2.33. The lowest BCUT2D eigenvalue weighted by Crippen LogP contribution is -2.40. The van der Waals surface area contributed by atoms with Gasteiger partial charge in [0.05, 0.1) is 7.11 Å². The maximum Gasteiger partial charge on any atom is 0.212 e.